The Balaban J connectivity index is 1.86. The van der Waals surface area contributed by atoms with Crippen LogP contribution in [0.3, 0.4) is 0 Å². The number of amides is 1. The van der Waals surface area contributed by atoms with E-state index in [0.29, 0.717) is 13.1 Å². The number of carbonyl (C=O) groups excluding carboxylic acids is 1. The van der Waals surface area contributed by atoms with Crippen LogP contribution in [0.1, 0.15) is 11.3 Å². The molecule has 6 heteroatoms. The maximum absolute atomic E-state index is 11.9. The van der Waals surface area contributed by atoms with Gasteiger partial charge in [-0.2, -0.15) is 5.26 Å². The lowest BCUT2D eigenvalue weighted by atomic mass is 10.2. The number of pyridine rings is 2. The summed E-state index contributed by atoms with van der Waals surface area (Å²) < 4.78 is 0. The Hall–Kier alpha value is -3.20. The van der Waals surface area contributed by atoms with E-state index in [4.69, 9.17) is 5.26 Å². The summed E-state index contributed by atoms with van der Waals surface area (Å²) >= 11 is 0. The van der Waals surface area contributed by atoms with Crippen molar-refractivity contribution >= 4 is 5.91 Å². The van der Waals surface area contributed by atoms with Gasteiger partial charge in [0.1, 0.15) is 11.6 Å². The minimum Gasteiger partial charge on any atom is -0.384 e. The van der Waals surface area contributed by atoms with Crippen molar-refractivity contribution in [1.82, 2.24) is 20.6 Å². The molecule has 0 bridgehead atoms. The predicted octanol–water partition coefficient (Wildman–Crippen LogP) is 1.29. The summed E-state index contributed by atoms with van der Waals surface area (Å²) in [7, 11) is 0. The van der Waals surface area contributed by atoms with Crippen molar-refractivity contribution in [2.45, 2.75) is 13.1 Å². The van der Waals surface area contributed by atoms with E-state index in [1.165, 1.54) is 6.20 Å². The number of nitriles is 1. The van der Waals surface area contributed by atoms with Crippen LogP contribution in [0.2, 0.25) is 0 Å². The van der Waals surface area contributed by atoms with Crippen LogP contribution < -0.4 is 10.6 Å². The summed E-state index contributed by atoms with van der Waals surface area (Å²) in [5, 5.41) is 14.6. The molecule has 2 heterocycles. The van der Waals surface area contributed by atoms with E-state index >= 15 is 0 Å². The van der Waals surface area contributed by atoms with Gasteiger partial charge >= 0.3 is 0 Å². The van der Waals surface area contributed by atoms with Crippen LogP contribution >= 0.6 is 0 Å². The molecule has 2 aromatic rings. The fourth-order valence-corrected chi connectivity index (χ4v) is 1.69. The van der Waals surface area contributed by atoms with E-state index in [0.717, 1.165) is 11.3 Å². The van der Waals surface area contributed by atoms with Crippen LogP contribution in [0.4, 0.5) is 0 Å². The average molecular weight is 293 g/mol. The minimum atomic E-state index is -0.431. The molecule has 0 unspecified atom stereocenters. The number of rotatable bonds is 6. The standard InChI is InChI=1S/C16H15N5O/c17-8-14(11-19-12-15-5-1-2-7-20-15)16(22)21-10-13-4-3-6-18-9-13/h1-7,9,11,19H,10,12H2,(H,21,22)/b14-11-. The zero-order chi connectivity index (χ0) is 15.6. The van der Waals surface area contributed by atoms with Gasteiger partial charge < -0.3 is 10.6 Å². The Labute approximate surface area is 128 Å². The summed E-state index contributed by atoms with van der Waals surface area (Å²) in [5.74, 6) is -0.431. The molecule has 0 fully saturated rings. The van der Waals surface area contributed by atoms with Gasteiger partial charge in [-0.1, -0.05) is 12.1 Å². The van der Waals surface area contributed by atoms with E-state index in [1.54, 1.807) is 24.7 Å². The molecular weight excluding hydrogens is 278 g/mol. The van der Waals surface area contributed by atoms with Crippen LogP contribution in [0, 0.1) is 11.3 Å². The molecule has 0 aliphatic carbocycles. The first-order valence-corrected chi connectivity index (χ1v) is 6.70. The lowest BCUT2D eigenvalue weighted by molar-refractivity contribution is -0.117. The normalized spacial score (nSPS) is 10.6. The van der Waals surface area contributed by atoms with Crippen molar-refractivity contribution in [1.29, 1.82) is 5.26 Å². The molecule has 2 N–H and O–H groups in total. The van der Waals surface area contributed by atoms with Gasteiger partial charge in [0, 0.05) is 31.3 Å². The molecular formula is C16H15N5O. The van der Waals surface area contributed by atoms with E-state index in [2.05, 4.69) is 20.6 Å². The van der Waals surface area contributed by atoms with E-state index in [9.17, 15) is 4.79 Å². The number of aromatic nitrogens is 2. The summed E-state index contributed by atoms with van der Waals surface area (Å²) in [4.78, 5) is 20.0. The van der Waals surface area contributed by atoms with Crippen molar-refractivity contribution in [3.8, 4) is 6.07 Å². The number of hydrogen-bond donors (Lipinski definition) is 2. The summed E-state index contributed by atoms with van der Waals surface area (Å²) in [5.41, 5.74) is 1.71. The van der Waals surface area contributed by atoms with Gasteiger partial charge in [0.15, 0.2) is 0 Å². The Kier molecular flexibility index (Phi) is 5.64. The second kappa shape index (κ2) is 8.17. The van der Waals surface area contributed by atoms with Gasteiger partial charge in [-0.05, 0) is 23.8 Å². The zero-order valence-electron chi connectivity index (χ0n) is 11.9. The number of hydrogen-bond acceptors (Lipinski definition) is 5. The molecule has 0 atom stereocenters. The number of nitrogens with zero attached hydrogens (tertiary/aromatic N) is 3. The van der Waals surface area contributed by atoms with Crippen molar-refractivity contribution in [3.63, 3.8) is 0 Å². The molecule has 0 saturated carbocycles. The highest BCUT2D eigenvalue weighted by atomic mass is 16.1. The van der Waals surface area contributed by atoms with Crippen molar-refractivity contribution in [3.05, 3.63) is 72.0 Å². The second-order valence-electron chi connectivity index (χ2n) is 4.42. The molecule has 0 aliphatic rings. The highest BCUT2D eigenvalue weighted by Gasteiger charge is 2.08. The van der Waals surface area contributed by atoms with Crippen molar-refractivity contribution < 1.29 is 4.79 Å². The third-order valence-corrected chi connectivity index (χ3v) is 2.80. The molecule has 110 valence electrons. The van der Waals surface area contributed by atoms with Crippen molar-refractivity contribution in [2.75, 3.05) is 0 Å². The Morgan fingerprint density at radius 1 is 1.23 bits per heavy atom. The molecule has 0 radical (unpaired) electrons. The maximum Gasteiger partial charge on any atom is 0.263 e. The molecule has 0 saturated heterocycles. The van der Waals surface area contributed by atoms with Gasteiger partial charge in [-0.25, -0.2) is 0 Å². The third-order valence-electron chi connectivity index (χ3n) is 2.80. The lowest BCUT2D eigenvalue weighted by Crippen LogP contribution is -2.25. The Bertz CT molecular complexity index is 677. The van der Waals surface area contributed by atoms with Gasteiger partial charge in [0.2, 0.25) is 0 Å². The molecule has 22 heavy (non-hydrogen) atoms. The number of carbonyl (C=O) groups is 1. The van der Waals surface area contributed by atoms with E-state index in [-0.39, 0.29) is 5.57 Å². The molecule has 0 spiro atoms. The largest absolute Gasteiger partial charge is 0.384 e. The summed E-state index contributed by atoms with van der Waals surface area (Å²) in [6.45, 7) is 0.772. The molecule has 6 nitrogen and oxygen atoms in total. The second-order valence-corrected chi connectivity index (χ2v) is 4.42. The number of nitrogens with one attached hydrogen (secondary N) is 2. The van der Waals surface area contributed by atoms with Crippen LogP contribution in [0.5, 0.6) is 0 Å². The Morgan fingerprint density at radius 3 is 2.82 bits per heavy atom. The zero-order valence-corrected chi connectivity index (χ0v) is 11.9. The van der Waals surface area contributed by atoms with Gasteiger partial charge in [-0.15, -0.1) is 0 Å². The first kappa shape index (κ1) is 15.2. The highest BCUT2D eigenvalue weighted by Crippen LogP contribution is 1.98. The minimum absolute atomic E-state index is 0.0137. The Morgan fingerprint density at radius 2 is 2.14 bits per heavy atom. The predicted molar refractivity (Wildman–Crippen MR) is 80.9 cm³/mol. The first-order chi connectivity index (χ1) is 10.8. The fourth-order valence-electron chi connectivity index (χ4n) is 1.69. The SMILES string of the molecule is N#C/C(=C/NCc1ccccn1)C(=O)NCc1cccnc1. The van der Waals surface area contributed by atoms with E-state index < -0.39 is 5.91 Å². The monoisotopic (exact) mass is 293 g/mol. The van der Waals surface area contributed by atoms with Crippen LogP contribution in [-0.2, 0) is 17.9 Å². The maximum atomic E-state index is 11.9. The fraction of sp³-hybridized carbons (Fsp3) is 0.125. The van der Waals surface area contributed by atoms with E-state index in [1.807, 2.05) is 30.3 Å². The molecule has 0 aromatic carbocycles. The topological polar surface area (TPSA) is 90.7 Å². The molecule has 2 rings (SSSR count). The summed E-state index contributed by atoms with van der Waals surface area (Å²) in [6.07, 6.45) is 6.41. The van der Waals surface area contributed by atoms with Crippen LogP contribution in [0.15, 0.2) is 60.7 Å². The molecule has 2 aromatic heterocycles. The smallest absolute Gasteiger partial charge is 0.263 e. The van der Waals surface area contributed by atoms with Crippen molar-refractivity contribution in [2.24, 2.45) is 0 Å². The van der Waals surface area contributed by atoms with Gasteiger partial charge in [0.25, 0.3) is 5.91 Å². The van der Waals surface area contributed by atoms with Crippen LogP contribution in [-0.4, -0.2) is 15.9 Å². The highest BCUT2D eigenvalue weighted by molar-refractivity contribution is 5.97. The first-order valence-electron chi connectivity index (χ1n) is 6.70. The third kappa shape index (κ3) is 4.72. The van der Waals surface area contributed by atoms with Crippen LogP contribution in [0.25, 0.3) is 0 Å². The molecule has 0 aliphatic heterocycles. The average Bonchev–Trinajstić information content (AvgIpc) is 2.58. The van der Waals surface area contributed by atoms with Gasteiger partial charge in [0.05, 0.1) is 12.2 Å². The lowest BCUT2D eigenvalue weighted by Gasteiger charge is -2.05. The van der Waals surface area contributed by atoms with Gasteiger partial charge in [-0.3, -0.25) is 14.8 Å². The molecule has 1 amide bonds. The quantitative estimate of drug-likeness (QED) is 0.618. The summed E-state index contributed by atoms with van der Waals surface area (Å²) in [6, 6.07) is 11.1.